The molecule has 2 aromatic carbocycles. The number of aliphatic carboxylic acids is 1. The Morgan fingerprint density at radius 1 is 1.29 bits per heavy atom. The Balaban J connectivity index is 2.81. The van der Waals surface area contributed by atoms with Crippen LogP contribution < -0.4 is 4.74 Å². The second kappa shape index (κ2) is 7.86. The van der Waals surface area contributed by atoms with Crippen LogP contribution in [0.4, 0.5) is 0 Å². The molecule has 0 amide bonds. The molecule has 2 N–H and O–H groups in total. The maximum absolute atomic E-state index is 11.3. The van der Waals surface area contributed by atoms with E-state index in [2.05, 4.69) is 6.92 Å². The molecule has 2 aromatic rings. The number of hydrogen-bond acceptors (Lipinski definition) is 3. The van der Waals surface area contributed by atoms with Crippen molar-refractivity contribution < 1.29 is 19.7 Å². The summed E-state index contributed by atoms with van der Waals surface area (Å²) in [5.41, 5.74) is 2.57. The minimum atomic E-state index is -0.965. The van der Waals surface area contributed by atoms with Crippen molar-refractivity contribution in [1.82, 2.24) is 0 Å². The highest BCUT2D eigenvalue weighted by molar-refractivity contribution is 6.03. The Morgan fingerprint density at radius 3 is 2.62 bits per heavy atom. The summed E-state index contributed by atoms with van der Waals surface area (Å²) in [4.78, 5) is 11.3. The van der Waals surface area contributed by atoms with Gasteiger partial charge in [0.1, 0.15) is 0 Å². The predicted octanol–water partition coefficient (Wildman–Crippen LogP) is 4.77. The summed E-state index contributed by atoms with van der Waals surface area (Å²) >= 11 is 0. The van der Waals surface area contributed by atoms with Crippen molar-refractivity contribution in [3.63, 3.8) is 0 Å². The number of aryl methyl sites for hydroxylation is 1. The lowest BCUT2D eigenvalue weighted by Crippen LogP contribution is -1.97. The lowest BCUT2D eigenvalue weighted by molar-refractivity contribution is -0.131. The lowest BCUT2D eigenvalue weighted by Gasteiger charge is -2.16. The number of phenols is 1. The fourth-order valence-electron chi connectivity index (χ4n) is 3.02. The molecule has 4 nitrogen and oxygen atoms in total. The molecule has 0 aromatic heterocycles. The first-order valence-electron chi connectivity index (χ1n) is 8.28. The molecule has 0 aliphatic heterocycles. The number of aromatic hydroxyl groups is 1. The number of benzene rings is 2. The SMILES string of the molecule is CCCC/C(=C\C(=O)O)c1cc(OC)c(O)c2c(CC)cccc12. The number of unbranched alkanes of at least 4 members (excludes halogenated alkanes) is 1. The highest BCUT2D eigenvalue weighted by Crippen LogP contribution is 2.42. The molecule has 0 heterocycles. The van der Waals surface area contributed by atoms with Crippen LogP contribution >= 0.6 is 0 Å². The van der Waals surface area contributed by atoms with Gasteiger partial charge in [-0.3, -0.25) is 0 Å². The number of allylic oxidation sites excluding steroid dienone is 1. The lowest BCUT2D eigenvalue weighted by atomic mass is 9.91. The Bertz CT molecular complexity index is 775. The minimum absolute atomic E-state index is 0.110. The van der Waals surface area contributed by atoms with Crippen molar-refractivity contribution in [3.8, 4) is 11.5 Å². The van der Waals surface area contributed by atoms with Gasteiger partial charge in [0, 0.05) is 11.5 Å². The zero-order valence-corrected chi connectivity index (χ0v) is 14.4. The Labute approximate surface area is 142 Å². The molecular formula is C20H24O4. The Hall–Kier alpha value is -2.49. The molecule has 2 rings (SSSR count). The average Bonchev–Trinajstić information content (AvgIpc) is 2.58. The van der Waals surface area contributed by atoms with Crippen molar-refractivity contribution in [2.75, 3.05) is 7.11 Å². The smallest absolute Gasteiger partial charge is 0.328 e. The summed E-state index contributed by atoms with van der Waals surface area (Å²) in [7, 11) is 1.51. The molecule has 0 radical (unpaired) electrons. The first-order valence-corrected chi connectivity index (χ1v) is 8.28. The predicted molar refractivity (Wildman–Crippen MR) is 96.7 cm³/mol. The summed E-state index contributed by atoms with van der Waals surface area (Å²) in [5, 5.41) is 21.4. The molecule has 24 heavy (non-hydrogen) atoms. The van der Waals surface area contributed by atoms with E-state index >= 15 is 0 Å². The van der Waals surface area contributed by atoms with Crippen LogP contribution in [0.5, 0.6) is 11.5 Å². The van der Waals surface area contributed by atoms with Crippen LogP contribution in [0.2, 0.25) is 0 Å². The standard InChI is InChI=1S/C20H24O4/c1-4-6-8-14(11-18(21)22)16-12-17(24-3)20(23)19-13(5-2)9-7-10-15(16)19/h7,9-12,23H,4-6,8H2,1-3H3,(H,21,22)/b14-11+. The normalized spacial score (nSPS) is 11.7. The van der Waals surface area contributed by atoms with E-state index in [1.54, 1.807) is 6.07 Å². The van der Waals surface area contributed by atoms with E-state index in [0.717, 1.165) is 46.7 Å². The molecule has 0 aliphatic rings. The van der Waals surface area contributed by atoms with Gasteiger partial charge in [0.25, 0.3) is 0 Å². The zero-order chi connectivity index (χ0) is 17.7. The topological polar surface area (TPSA) is 66.8 Å². The first kappa shape index (κ1) is 17.9. The van der Waals surface area contributed by atoms with E-state index in [0.29, 0.717) is 12.2 Å². The van der Waals surface area contributed by atoms with Crippen LogP contribution in [0.3, 0.4) is 0 Å². The van der Waals surface area contributed by atoms with Crippen LogP contribution in [0.25, 0.3) is 16.3 Å². The number of carboxylic acids is 1. The van der Waals surface area contributed by atoms with E-state index in [9.17, 15) is 15.0 Å². The van der Waals surface area contributed by atoms with Gasteiger partial charge in [-0.25, -0.2) is 4.79 Å². The van der Waals surface area contributed by atoms with Gasteiger partial charge >= 0.3 is 5.97 Å². The zero-order valence-electron chi connectivity index (χ0n) is 14.4. The van der Waals surface area contributed by atoms with Crippen LogP contribution in [0.15, 0.2) is 30.3 Å². The first-order chi connectivity index (χ1) is 11.5. The van der Waals surface area contributed by atoms with Crippen LogP contribution in [0.1, 0.15) is 44.2 Å². The van der Waals surface area contributed by atoms with Gasteiger partial charge in [-0.05, 0) is 47.4 Å². The number of carboxylic acid groups (broad SMARTS) is 1. The monoisotopic (exact) mass is 328 g/mol. The van der Waals surface area contributed by atoms with Gasteiger partial charge in [0.15, 0.2) is 11.5 Å². The molecular weight excluding hydrogens is 304 g/mol. The van der Waals surface area contributed by atoms with Crippen molar-refractivity contribution in [3.05, 3.63) is 41.5 Å². The van der Waals surface area contributed by atoms with Gasteiger partial charge in [0.05, 0.1) is 7.11 Å². The molecule has 128 valence electrons. The van der Waals surface area contributed by atoms with Gasteiger partial charge in [-0.15, -0.1) is 0 Å². The summed E-state index contributed by atoms with van der Waals surface area (Å²) < 4.78 is 5.33. The summed E-state index contributed by atoms with van der Waals surface area (Å²) in [5.74, 6) is -0.488. The molecule has 0 aliphatic carbocycles. The number of carbonyl (C=O) groups is 1. The summed E-state index contributed by atoms with van der Waals surface area (Å²) in [6, 6.07) is 7.57. The number of rotatable bonds is 7. The van der Waals surface area contributed by atoms with E-state index in [4.69, 9.17) is 4.74 Å². The Morgan fingerprint density at radius 2 is 2.04 bits per heavy atom. The van der Waals surface area contributed by atoms with Gasteiger partial charge in [-0.1, -0.05) is 38.5 Å². The molecule has 0 atom stereocenters. The van der Waals surface area contributed by atoms with Crippen LogP contribution in [-0.4, -0.2) is 23.3 Å². The van der Waals surface area contributed by atoms with Gasteiger partial charge in [-0.2, -0.15) is 0 Å². The largest absolute Gasteiger partial charge is 0.504 e. The second-order valence-electron chi connectivity index (χ2n) is 5.78. The fourth-order valence-corrected chi connectivity index (χ4v) is 3.02. The molecule has 4 heteroatoms. The van der Waals surface area contributed by atoms with E-state index in [-0.39, 0.29) is 5.75 Å². The summed E-state index contributed by atoms with van der Waals surface area (Å²) in [6.07, 6.45) is 4.58. The molecule has 0 bridgehead atoms. The molecule has 0 fully saturated rings. The van der Waals surface area contributed by atoms with Crippen molar-refractivity contribution >= 4 is 22.3 Å². The number of fused-ring (bicyclic) bond motifs is 1. The second-order valence-corrected chi connectivity index (χ2v) is 5.78. The van der Waals surface area contributed by atoms with E-state index < -0.39 is 5.97 Å². The molecule has 0 unspecified atom stereocenters. The highest BCUT2D eigenvalue weighted by atomic mass is 16.5. The third-order valence-electron chi connectivity index (χ3n) is 4.23. The number of phenolic OH excluding ortho intramolecular Hbond substituents is 1. The third kappa shape index (κ3) is 3.53. The van der Waals surface area contributed by atoms with E-state index in [1.807, 2.05) is 25.1 Å². The third-order valence-corrected chi connectivity index (χ3v) is 4.23. The van der Waals surface area contributed by atoms with E-state index in [1.165, 1.54) is 13.2 Å². The highest BCUT2D eigenvalue weighted by Gasteiger charge is 2.17. The summed E-state index contributed by atoms with van der Waals surface area (Å²) in [6.45, 7) is 4.10. The quantitative estimate of drug-likeness (QED) is 0.718. The molecule has 0 saturated carbocycles. The van der Waals surface area contributed by atoms with Gasteiger partial charge in [0.2, 0.25) is 0 Å². The minimum Gasteiger partial charge on any atom is -0.504 e. The number of methoxy groups -OCH3 is 1. The van der Waals surface area contributed by atoms with Crippen molar-refractivity contribution in [2.24, 2.45) is 0 Å². The maximum atomic E-state index is 11.3. The molecule has 0 saturated heterocycles. The van der Waals surface area contributed by atoms with Crippen LogP contribution in [-0.2, 0) is 11.2 Å². The van der Waals surface area contributed by atoms with Crippen molar-refractivity contribution in [1.29, 1.82) is 0 Å². The fraction of sp³-hybridized carbons (Fsp3) is 0.350. The number of hydrogen-bond donors (Lipinski definition) is 2. The average molecular weight is 328 g/mol. The van der Waals surface area contributed by atoms with Crippen molar-refractivity contribution in [2.45, 2.75) is 39.5 Å². The Kier molecular flexibility index (Phi) is 5.85. The van der Waals surface area contributed by atoms with Crippen LogP contribution in [0, 0.1) is 0 Å². The van der Waals surface area contributed by atoms with Gasteiger partial charge < -0.3 is 14.9 Å². The molecule has 0 spiro atoms. The number of ether oxygens (including phenoxy) is 1. The maximum Gasteiger partial charge on any atom is 0.328 e.